The Labute approximate surface area is 80.7 Å². The van der Waals surface area contributed by atoms with Gasteiger partial charge in [0.2, 0.25) is 0 Å². The van der Waals surface area contributed by atoms with Crippen LogP contribution in [0.4, 0.5) is 5.69 Å². The molecule has 0 spiro atoms. The molecule has 1 heterocycles. The second-order valence-electron chi connectivity index (χ2n) is 2.30. The predicted molar refractivity (Wildman–Crippen MR) is 52.9 cm³/mol. The molecule has 2 nitrogen and oxygen atoms in total. The van der Waals surface area contributed by atoms with Crippen molar-refractivity contribution in [2.24, 2.45) is 0 Å². The SMILES string of the molecule is Cl.Nc1ccc(Cl)c2ccoc12. The lowest BCUT2D eigenvalue weighted by molar-refractivity contribution is 0.617. The summed E-state index contributed by atoms with van der Waals surface area (Å²) in [5, 5.41) is 1.54. The molecule has 1 aromatic carbocycles. The summed E-state index contributed by atoms with van der Waals surface area (Å²) in [5.41, 5.74) is 6.90. The Morgan fingerprint density at radius 2 is 2.00 bits per heavy atom. The summed E-state index contributed by atoms with van der Waals surface area (Å²) in [6.45, 7) is 0. The van der Waals surface area contributed by atoms with E-state index in [4.69, 9.17) is 21.8 Å². The molecule has 0 fully saturated rings. The molecule has 1 aromatic heterocycles. The van der Waals surface area contributed by atoms with Gasteiger partial charge in [-0.05, 0) is 18.2 Å². The molecule has 0 aliphatic rings. The first-order valence-corrected chi connectivity index (χ1v) is 3.58. The second kappa shape index (κ2) is 3.25. The Bertz CT molecular complexity index is 361. The van der Waals surface area contributed by atoms with Crippen molar-refractivity contribution in [1.29, 1.82) is 0 Å². The minimum Gasteiger partial charge on any atom is -0.462 e. The van der Waals surface area contributed by atoms with Crippen molar-refractivity contribution in [1.82, 2.24) is 0 Å². The molecule has 0 aliphatic heterocycles. The Kier molecular flexibility index (Phi) is 2.50. The number of rotatable bonds is 0. The highest BCUT2D eigenvalue weighted by atomic mass is 35.5. The fourth-order valence-electron chi connectivity index (χ4n) is 1.05. The van der Waals surface area contributed by atoms with E-state index < -0.39 is 0 Å². The molecular weight excluding hydrogens is 197 g/mol. The van der Waals surface area contributed by atoms with Gasteiger partial charge >= 0.3 is 0 Å². The Hall–Kier alpha value is -0.860. The van der Waals surface area contributed by atoms with Crippen molar-refractivity contribution in [3.63, 3.8) is 0 Å². The van der Waals surface area contributed by atoms with E-state index in [1.807, 2.05) is 0 Å². The van der Waals surface area contributed by atoms with Crippen LogP contribution in [0.5, 0.6) is 0 Å². The molecule has 2 rings (SSSR count). The smallest absolute Gasteiger partial charge is 0.158 e. The first kappa shape index (κ1) is 9.23. The second-order valence-corrected chi connectivity index (χ2v) is 2.71. The van der Waals surface area contributed by atoms with Crippen LogP contribution < -0.4 is 5.73 Å². The highest BCUT2D eigenvalue weighted by Crippen LogP contribution is 2.28. The van der Waals surface area contributed by atoms with Crippen molar-refractivity contribution in [2.75, 3.05) is 5.73 Å². The number of nitrogens with two attached hydrogens (primary N) is 1. The van der Waals surface area contributed by atoms with E-state index in [0.29, 0.717) is 16.3 Å². The van der Waals surface area contributed by atoms with Crippen molar-refractivity contribution >= 4 is 40.7 Å². The summed E-state index contributed by atoms with van der Waals surface area (Å²) >= 11 is 5.85. The maximum absolute atomic E-state index is 5.85. The standard InChI is InChI=1S/C8H6ClNO.ClH/c9-6-1-2-7(10)8-5(6)3-4-11-8;/h1-4H,10H2;1H. The maximum atomic E-state index is 5.85. The molecule has 2 N–H and O–H groups in total. The van der Waals surface area contributed by atoms with Crippen LogP contribution in [-0.4, -0.2) is 0 Å². The molecule has 0 saturated heterocycles. The largest absolute Gasteiger partial charge is 0.462 e. The number of halogens is 2. The van der Waals surface area contributed by atoms with E-state index >= 15 is 0 Å². The van der Waals surface area contributed by atoms with Gasteiger partial charge in [0.1, 0.15) is 0 Å². The van der Waals surface area contributed by atoms with Crippen molar-refractivity contribution in [3.05, 3.63) is 29.5 Å². The number of hydrogen-bond donors (Lipinski definition) is 1. The van der Waals surface area contributed by atoms with Crippen LogP contribution in [-0.2, 0) is 0 Å². The van der Waals surface area contributed by atoms with E-state index in [0.717, 1.165) is 5.39 Å². The summed E-state index contributed by atoms with van der Waals surface area (Å²) in [5.74, 6) is 0. The Morgan fingerprint density at radius 3 is 2.67 bits per heavy atom. The third-order valence-electron chi connectivity index (χ3n) is 1.59. The van der Waals surface area contributed by atoms with Gasteiger partial charge in [-0.15, -0.1) is 12.4 Å². The molecule has 12 heavy (non-hydrogen) atoms. The number of hydrogen-bond acceptors (Lipinski definition) is 2. The molecule has 0 amide bonds. The fourth-order valence-corrected chi connectivity index (χ4v) is 1.26. The molecule has 0 unspecified atom stereocenters. The van der Waals surface area contributed by atoms with Gasteiger partial charge in [0, 0.05) is 5.39 Å². The zero-order chi connectivity index (χ0) is 7.84. The van der Waals surface area contributed by atoms with E-state index in [1.54, 1.807) is 24.5 Å². The van der Waals surface area contributed by atoms with Crippen molar-refractivity contribution in [3.8, 4) is 0 Å². The van der Waals surface area contributed by atoms with Crippen LogP contribution in [0.15, 0.2) is 28.9 Å². The zero-order valence-corrected chi connectivity index (χ0v) is 7.65. The lowest BCUT2D eigenvalue weighted by Gasteiger charge is -1.94. The van der Waals surface area contributed by atoms with Crippen LogP contribution in [0.3, 0.4) is 0 Å². The number of anilines is 1. The Balaban J connectivity index is 0.000000720. The third-order valence-corrected chi connectivity index (χ3v) is 1.92. The van der Waals surface area contributed by atoms with Crippen molar-refractivity contribution in [2.45, 2.75) is 0 Å². The monoisotopic (exact) mass is 203 g/mol. The highest BCUT2D eigenvalue weighted by molar-refractivity contribution is 6.35. The van der Waals surface area contributed by atoms with Crippen LogP contribution in [0.25, 0.3) is 11.0 Å². The van der Waals surface area contributed by atoms with E-state index in [2.05, 4.69) is 0 Å². The van der Waals surface area contributed by atoms with E-state index in [9.17, 15) is 0 Å². The van der Waals surface area contributed by atoms with Crippen LogP contribution in [0.1, 0.15) is 0 Å². The van der Waals surface area contributed by atoms with E-state index in [1.165, 1.54) is 0 Å². The van der Waals surface area contributed by atoms with Gasteiger partial charge in [0.15, 0.2) is 5.58 Å². The number of benzene rings is 1. The van der Waals surface area contributed by atoms with Gasteiger partial charge < -0.3 is 10.2 Å². The highest BCUT2D eigenvalue weighted by Gasteiger charge is 2.03. The minimum atomic E-state index is 0. The molecule has 64 valence electrons. The molecule has 0 aliphatic carbocycles. The van der Waals surface area contributed by atoms with Gasteiger partial charge in [-0.2, -0.15) is 0 Å². The third kappa shape index (κ3) is 1.24. The summed E-state index contributed by atoms with van der Waals surface area (Å²) in [4.78, 5) is 0. The summed E-state index contributed by atoms with van der Waals surface area (Å²) in [6, 6.07) is 5.29. The molecule has 4 heteroatoms. The summed E-state index contributed by atoms with van der Waals surface area (Å²) in [6.07, 6.45) is 1.58. The molecule has 2 aromatic rings. The topological polar surface area (TPSA) is 39.2 Å². The van der Waals surface area contributed by atoms with Gasteiger partial charge in [-0.3, -0.25) is 0 Å². The molecule has 0 radical (unpaired) electrons. The Morgan fingerprint density at radius 1 is 1.25 bits per heavy atom. The van der Waals surface area contributed by atoms with Gasteiger partial charge in [-0.25, -0.2) is 0 Å². The van der Waals surface area contributed by atoms with Crippen LogP contribution in [0.2, 0.25) is 5.02 Å². The summed E-state index contributed by atoms with van der Waals surface area (Å²) in [7, 11) is 0. The first-order chi connectivity index (χ1) is 5.29. The lowest BCUT2D eigenvalue weighted by Crippen LogP contribution is -1.83. The number of fused-ring (bicyclic) bond motifs is 1. The molecule has 0 saturated carbocycles. The lowest BCUT2D eigenvalue weighted by atomic mass is 10.2. The quantitative estimate of drug-likeness (QED) is 0.669. The maximum Gasteiger partial charge on any atom is 0.158 e. The molecule has 0 bridgehead atoms. The average molecular weight is 204 g/mol. The minimum absolute atomic E-state index is 0. The fraction of sp³-hybridized carbons (Fsp3) is 0. The molecule has 0 atom stereocenters. The average Bonchev–Trinajstić information content (AvgIpc) is 2.45. The number of nitrogen functional groups attached to an aromatic ring is 1. The van der Waals surface area contributed by atoms with Crippen molar-refractivity contribution < 1.29 is 4.42 Å². The van der Waals surface area contributed by atoms with E-state index in [-0.39, 0.29) is 12.4 Å². The molecular formula is C8H7Cl2NO. The predicted octanol–water partition coefficient (Wildman–Crippen LogP) is 3.09. The summed E-state index contributed by atoms with van der Waals surface area (Å²) < 4.78 is 5.12. The van der Waals surface area contributed by atoms with Crippen LogP contribution in [0, 0.1) is 0 Å². The normalized spacial score (nSPS) is 9.75. The van der Waals surface area contributed by atoms with Gasteiger partial charge in [0.25, 0.3) is 0 Å². The number of furan rings is 1. The zero-order valence-electron chi connectivity index (χ0n) is 6.08. The first-order valence-electron chi connectivity index (χ1n) is 3.20. The van der Waals surface area contributed by atoms with Crippen LogP contribution >= 0.6 is 24.0 Å². The van der Waals surface area contributed by atoms with Gasteiger partial charge in [-0.1, -0.05) is 11.6 Å². The van der Waals surface area contributed by atoms with Gasteiger partial charge in [0.05, 0.1) is 17.0 Å².